The lowest BCUT2D eigenvalue weighted by Gasteiger charge is -2.18. The van der Waals surface area contributed by atoms with Crippen LogP contribution >= 0.6 is 0 Å². The van der Waals surface area contributed by atoms with Gasteiger partial charge in [-0.25, -0.2) is 4.79 Å². The second kappa shape index (κ2) is 5.38. The summed E-state index contributed by atoms with van der Waals surface area (Å²) in [5, 5.41) is 2.98. The van der Waals surface area contributed by atoms with Gasteiger partial charge in [0.05, 0.1) is 20.3 Å². The van der Waals surface area contributed by atoms with Crippen LogP contribution in [0.5, 0.6) is 11.5 Å². The summed E-state index contributed by atoms with van der Waals surface area (Å²) in [4.78, 5) is 13.5. The fraction of sp³-hybridized carbons (Fsp3) is 0.500. The van der Waals surface area contributed by atoms with Gasteiger partial charge >= 0.3 is 6.03 Å². The average molecular weight is 264 g/mol. The van der Waals surface area contributed by atoms with Crippen molar-refractivity contribution in [1.82, 2.24) is 10.2 Å². The quantitative estimate of drug-likeness (QED) is 0.906. The number of amides is 2. The summed E-state index contributed by atoms with van der Waals surface area (Å²) in [6.07, 6.45) is 0. The zero-order valence-electron chi connectivity index (χ0n) is 11.8. The summed E-state index contributed by atoms with van der Waals surface area (Å²) in [6, 6.07) is 3.80. The highest BCUT2D eigenvalue weighted by molar-refractivity contribution is 5.77. The van der Waals surface area contributed by atoms with Gasteiger partial charge in [-0.1, -0.05) is 0 Å². The van der Waals surface area contributed by atoms with Crippen LogP contribution in [-0.4, -0.2) is 38.2 Å². The molecule has 1 fully saturated rings. The lowest BCUT2D eigenvalue weighted by atomic mass is 10.0. The SMILES string of the molecule is CCN1CC(c2ccc(OC)c(C)c2OC)NC1=O. The van der Waals surface area contributed by atoms with Gasteiger partial charge in [0.15, 0.2) is 0 Å². The van der Waals surface area contributed by atoms with Gasteiger partial charge in [0, 0.05) is 24.2 Å². The Morgan fingerprint density at radius 2 is 2.11 bits per heavy atom. The third-order valence-corrected chi connectivity index (χ3v) is 3.56. The van der Waals surface area contributed by atoms with Crippen molar-refractivity contribution in [2.75, 3.05) is 27.3 Å². The largest absolute Gasteiger partial charge is 0.496 e. The molecule has 0 spiro atoms. The van der Waals surface area contributed by atoms with E-state index in [0.29, 0.717) is 13.1 Å². The second-order valence-corrected chi connectivity index (χ2v) is 4.56. The molecule has 1 atom stereocenters. The second-order valence-electron chi connectivity index (χ2n) is 4.56. The van der Waals surface area contributed by atoms with Gasteiger partial charge in [-0.2, -0.15) is 0 Å². The normalized spacial score (nSPS) is 18.4. The number of hydrogen-bond donors (Lipinski definition) is 1. The third kappa shape index (κ3) is 2.32. The molecule has 0 saturated carbocycles. The van der Waals surface area contributed by atoms with E-state index < -0.39 is 0 Å². The Kier molecular flexibility index (Phi) is 3.83. The van der Waals surface area contributed by atoms with Crippen LogP contribution < -0.4 is 14.8 Å². The molecule has 1 aromatic carbocycles. The molecule has 1 aliphatic heterocycles. The molecule has 1 aromatic rings. The number of methoxy groups -OCH3 is 2. The van der Waals surface area contributed by atoms with Gasteiger partial charge in [-0.05, 0) is 26.0 Å². The number of rotatable bonds is 4. The zero-order chi connectivity index (χ0) is 14.0. The third-order valence-electron chi connectivity index (χ3n) is 3.56. The molecule has 1 saturated heterocycles. The Balaban J connectivity index is 2.36. The van der Waals surface area contributed by atoms with Crippen molar-refractivity contribution in [3.8, 4) is 11.5 Å². The maximum Gasteiger partial charge on any atom is 0.318 e. The number of benzene rings is 1. The van der Waals surface area contributed by atoms with Crippen molar-refractivity contribution in [2.24, 2.45) is 0 Å². The van der Waals surface area contributed by atoms with Crippen molar-refractivity contribution >= 4 is 6.03 Å². The van der Waals surface area contributed by atoms with E-state index >= 15 is 0 Å². The summed E-state index contributed by atoms with van der Waals surface area (Å²) in [7, 11) is 3.28. The minimum absolute atomic E-state index is 0.0250. The molecule has 0 aliphatic carbocycles. The predicted octanol–water partition coefficient (Wildman–Crippen LogP) is 2.10. The molecule has 2 rings (SSSR count). The summed E-state index contributed by atoms with van der Waals surface area (Å²) < 4.78 is 10.8. The fourth-order valence-electron chi connectivity index (χ4n) is 2.50. The standard InChI is InChI=1S/C14H20N2O3/c1-5-16-8-11(15-14(16)17)10-6-7-12(18-3)9(2)13(10)19-4/h6-7,11H,5,8H2,1-4H3,(H,15,17). The highest BCUT2D eigenvalue weighted by Crippen LogP contribution is 2.36. The van der Waals surface area contributed by atoms with Crippen LogP contribution in [0.4, 0.5) is 4.79 Å². The topological polar surface area (TPSA) is 50.8 Å². The monoisotopic (exact) mass is 264 g/mol. The van der Waals surface area contributed by atoms with Crippen molar-refractivity contribution in [3.63, 3.8) is 0 Å². The van der Waals surface area contributed by atoms with Crippen LogP contribution in [0.3, 0.4) is 0 Å². The molecule has 19 heavy (non-hydrogen) atoms. The molecule has 104 valence electrons. The number of ether oxygens (including phenoxy) is 2. The van der Waals surface area contributed by atoms with Crippen LogP contribution in [0, 0.1) is 6.92 Å². The Labute approximate surface area is 113 Å². The van der Waals surface area contributed by atoms with Gasteiger partial charge in [0.1, 0.15) is 11.5 Å². The van der Waals surface area contributed by atoms with E-state index in [0.717, 1.165) is 22.6 Å². The minimum Gasteiger partial charge on any atom is -0.496 e. The van der Waals surface area contributed by atoms with Crippen LogP contribution in [-0.2, 0) is 0 Å². The first-order valence-electron chi connectivity index (χ1n) is 6.39. The molecule has 5 nitrogen and oxygen atoms in total. The first-order chi connectivity index (χ1) is 9.12. The molecule has 2 amide bonds. The summed E-state index contributed by atoms with van der Waals surface area (Å²) >= 11 is 0. The molecule has 1 N–H and O–H groups in total. The van der Waals surface area contributed by atoms with Crippen LogP contribution in [0.25, 0.3) is 0 Å². The number of likely N-dealkylation sites (N-methyl/N-ethyl adjacent to an activating group) is 1. The molecule has 0 radical (unpaired) electrons. The Hall–Kier alpha value is -1.91. The van der Waals surface area contributed by atoms with E-state index in [2.05, 4.69) is 5.32 Å². The molecule has 1 aliphatic rings. The molecular weight excluding hydrogens is 244 g/mol. The fourth-order valence-corrected chi connectivity index (χ4v) is 2.50. The lowest BCUT2D eigenvalue weighted by molar-refractivity contribution is 0.219. The number of hydrogen-bond acceptors (Lipinski definition) is 3. The number of urea groups is 1. The molecule has 5 heteroatoms. The van der Waals surface area contributed by atoms with Crippen molar-refractivity contribution in [2.45, 2.75) is 19.9 Å². The summed E-state index contributed by atoms with van der Waals surface area (Å²) in [5.41, 5.74) is 1.94. The molecule has 0 bridgehead atoms. The van der Waals surface area contributed by atoms with E-state index in [1.54, 1.807) is 19.1 Å². The molecule has 1 heterocycles. The van der Waals surface area contributed by atoms with Gasteiger partial charge in [-0.15, -0.1) is 0 Å². The van der Waals surface area contributed by atoms with Gasteiger partial charge in [0.2, 0.25) is 0 Å². The van der Waals surface area contributed by atoms with Crippen molar-refractivity contribution in [3.05, 3.63) is 23.3 Å². The molecule has 1 unspecified atom stereocenters. The van der Waals surface area contributed by atoms with Crippen LogP contribution in [0.15, 0.2) is 12.1 Å². The van der Waals surface area contributed by atoms with Crippen molar-refractivity contribution < 1.29 is 14.3 Å². The number of nitrogens with one attached hydrogen (secondary N) is 1. The van der Waals surface area contributed by atoms with E-state index in [4.69, 9.17) is 9.47 Å². The van der Waals surface area contributed by atoms with Crippen LogP contribution in [0.1, 0.15) is 24.1 Å². The van der Waals surface area contributed by atoms with E-state index in [1.165, 1.54) is 0 Å². The predicted molar refractivity (Wildman–Crippen MR) is 72.8 cm³/mol. The van der Waals surface area contributed by atoms with E-state index in [1.807, 2.05) is 26.0 Å². The van der Waals surface area contributed by atoms with Crippen molar-refractivity contribution in [1.29, 1.82) is 0 Å². The molecular formula is C14H20N2O3. The number of carbonyl (C=O) groups excluding carboxylic acids is 1. The summed E-state index contributed by atoms with van der Waals surface area (Å²) in [5.74, 6) is 1.57. The first-order valence-corrected chi connectivity index (χ1v) is 6.39. The summed E-state index contributed by atoms with van der Waals surface area (Å²) in [6.45, 7) is 5.30. The number of carbonyl (C=O) groups is 1. The van der Waals surface area contributed by atoms with Gasteiger partial charge < -0.3 is 19.7 Å². The lowest BCUT2D eigenvalue weighted by Crippen LogP contribution is -2.27. The Morgan fingerprint density at radius 3 is 2.63 bits per heavy atom. The Morgan fingerprint density at radius 1 is 1.37 bits per heavy atom. The van der Waals surface area contributed by atoms with Gasteiger partial charge in [0.25, 0.3) is 0 Å². The van der Waals surface area contributed by atoms with E-state index in [9.17, 15) is 4.79 Å². The van der Waals surface area contributed by atoms with Gasteiger partial charge in [-0.3, -0.25) is 0 Å². The maximum absolute atomic E-state index is 11.7. The smallest absolute Gasteiger partial charge is 0.318 e. The highest BCUT2D eigenvalue weighted by atomic mass is 16.5. The maximum atomic E-state index is 11.7. The number of nitrogens with zero attached hydrogens (tertiary/aromatic N) is 1. The highest BCUT2D eigenvalue weighted by Gasteiger charge is 2.31. The van der Waals surface area contributed by atoms with Crippen LogP contribution in [0.2, 0.25) is 0 Å². The Bertz CT molecular complexity index is 488. The average Bonchev–Trinajstić information content (AvgIpc) is 2.79. The van der Waals surface area contributed by atoms with E-state index in [-0.39, 0.29) is 12.1 Å². The minimum atomic E-state index is -0.0352. The zero-order valence-corrected chi connectivity index (χ0v) is 11.8. The molecule has 0 aromatic heterocycles. The first kappa shape index (κ1) is 13.5.